The highest BCUT2D eigenvalue weighted by Gasteiger charge is 2.37. The van der Waals surface area contributed by atoms with Crippen LogP contribution in [0, 0.1) is 0 Å². The van der Waals surface area contributed by atoms with Crippen LogP contribution in [0.2, 0.25) is 0 Å². The van der Waals surface area contributed by atoms with Crippen LogP contribution in [0.4, 0.5) is 0 Å². The zero-order chi connectivity index (χ0) is 14.6. The molecule has 0 aromatic carbocycles. The molecule has 0 radical (unpaired) electrons. The molecule has 2 rings (SSSR count). The van der Waals surface area contributed by atoms with Crippen LogP contribution in [0.3, 0.4) is 0 Å². The van der Waals surface area contributed by atoms with Gasteiger partial charge in [-0.2, -0.15) is 0 Å². The Hall–Kier alpha value is -1.47. The lowest BCUT2D eigenvalue weighted by atomic mass is 9.93. The van der Waals surface area contributed by atoms with Crippen molar-refractivity contribution in [3.05, 3.63) is 16.1 Å². The smallest absolute Gasteiger partial charge is 0.305 e. The number of carboxylic acid groups (broad SMARTS) is 1. The number of rotatable bonds is 6. The number of amides is 1. The Bertz CT molecular complexity index is 494. The third-order valence-corrected chi connectivity index (χ3v) is 4.30. The van der Waals surface area contributed by atoms with Crippen molar-refractivity contribution in [2.75, 3.05) is 7.11 Å². The minimum atomic E-state index is -0.884. The maximum absolute atomic E-state index is 12.2. The fraction of sp³-hybridized carbons (Fsp3) is 0.615. The van der Waals surface area contributed by atoms with Gasteiger partial charge in [0.05, 0.1) is 18.6 Å². The quantitative estimate of drug-likeness (QED) is 0.836. The molecule has 1 aromatic rings. The largest absolute Gasteiger partial charge is 0.481 e. The average Bonchev–Trinajstić information content (AvgIpc) is 2.98. The van der Waals surface area contributed by atoms with Gasteiger partial charge in [-0.1, -0.05) is 12.8 Å². The van der Waals surface area contributed by atoms with Crippen molar-refractivity contribution < 1.29 is 19.4 Å². The van der Waals surface area contributed by atoms with E-state index < -0.39 is 11.5 Å². The molecule has 0 atom stereocenters. The van der Waals surface area contributed by atoms with Crippen LogP contribution < -0.4 is 5.32 Å². The van der Waals surface area contributed by atoms with Gasteiger partial charge in [-0.3, -0.25) is 9.59 Å². The molecular weight excluding hydrogens is 280 g/mol. The summed E-state index contributed by atoms with van der Waals surface area (Å²) in [6.07, 6.45) is 3.27. The Labute approximate surface area is 121 Å². The third kappa shape index (κ3) is 3.55. The van der Waals surface area contributed by atoms with Crippen molar-refractivity contribution >= 4 is 23.2 Å². The second-order valence-corrected chi connectivity index (χ2v) is 6.01. The number of ether oxygens (including phenoxy) is 1. The predicted molar refractivity (Wildman–Crippen MR) is 73.7 cm³/mol. The van der Waals surface area contributed by atoms with Gasteiger partial charge < -0.3 is 15.2 Å². The maximum Gasteiger partial charge on any atom is 0.305 e. The predicted octanol–water partition coefficient (Wildman–Crippen LogP) is 1.81. The van der Waals surface area contributed by atoms with Gasteiger partial charge in [0.1, 0.15) is 10.7 Å². The van der Waals surface area contributed by atoms with Gasteiger partial charge in [-0.25, -0.2) is 4.98 Å². The van der Waals surface area contributed by atoms with Crippen LogP contribution in [0.15, 0.2) is 5.38 Å². The first-order chi connectivity index (χ1) is 9.54. The van der Waals surface area contributed by atoms with E-state index in [1.54, 1.807) is 12.5 Å². The molecule has 0 saturated heterocycles. The maximum atomic E-state index is 12.2. The summed E-state index contributed by atoms with van der Waals surface area (Å²) in [5.41, 5.74) is -0.285. The van der Waals surface area contributed by atoms with E-state index in [0.717, 1.165) is 17.8 Å². The number of aromatic nitrogens is 1. The lowest BCUT2D eigenvalue weighted by molar-refractivity contribution is -0.138. The van der Waals surface area contributed by atoms with Gasteiger partial charge in [-0.05, 0) is 12.8 Å². The highest BCUT2D eigenvalue weighted by molar-refractivity contribution is 7.09. The molecule has 1 fully saturated rings. The number of hydrogen-bond donors (Lipinski definition) is 2. The minimum absolute atomic E-state index is 0.0339. The molecule has 0 aliphatic heterocycles. The molecule has 1 amide bonds. The molecule has 6 nitrogen and oxygen atoms in total. The van der Waals surface area contributed by atoms with Gasteiger partial charge in [0.25, 0.3) is 5.91 Å². The minimum Gasteiger partial charge on any atom is -0.481 e. The molecule has 1 aliphatic carbocycles. The summed E-state index contributed by atoms with van der Waals surface area (Å²) in [6, 6.07) is 0. The summed E-state index contributed by atoms with van der Waals surface area (Å²) in [7, 11) is 1.57. The monoisotopic (exact) mass is 298 g/mol. The second kappa shape index (κ2) is 6.32. The molecule has 20 heavy (non-hydrogen) atoms. The molecule has 2 N–H and O–H groups in total. The molecule has 0 bridgehead atoms. The van der Waals surface area contributed by atoms with Crippen molar-refractivity contribution in [3.8, 4) is 0 Å². The number of carbonyl (C=O) groups excluding carboxylic acids is 1. The van der Waals surface area contributed by atoms with Crippen molar-refractivity contribution in [3.63, 3.8) is 0 Å². The SMILES string of the molecule is COCc1nc(C(=O)NC2(CC(=O)O)CCCC2)cs1. The number of carboxylic acids is 1. The van der Waals surface area contributed by atoms with Gasteiger partial charge in [-0.15, -0.1) is 11.3 Å². The van der Waals surface area contributed by atoms with E-state index in [1.165, 1.54) is 11.3 Å². The Morgan fingerprint density at radius 2 is 2.20 bits per heavy atom. The van der Waals surface area contributed by atoms with Gasteiger partial charge in [0.2, 0.25) is 0 Å². The van der Waals surface area contributed by atoms with E-state index in [1.807, 2.05) is 0 Å². The first kappa shape index (κ1) is 14.9. The molecule has 1 saturated carbocycles. The highest BCUT2D eigenvalue weighted by Crippen LogP contribution is 2.33. The highest BCUT2D eigenvalue weighted by atomic mass is 32.1. The first-order valence-corrected chi connectivity index (χ1v) is 7.40. The summed E-state index contributed by atoms with van der Waals surface area (Å²) in [5.74, 6) is -1.18. The van der Waals surface area contributed by atoms with Crippen LogP contribution in [-0.4, -0.2) is 34.6 Å². The van der Waals surface area contributed by atoms with Crippen LogP contribution >= 0.6 is 11.3 Å². The molecule has 1 aromatic heterocycles. The van der Waals surface area contributed by atoms with Gasteiger partial charge >= 0.3 is 5.97 Å². The Balaban J connectivity index is 2.05. The van der Waals surface area contributed by atoms with E-state index in [2.05, 4.69) is 10.3 Å². The van der Waals surface area contributed by atoms with E-state index in [4.69, 9.17) is 9.84 Å². The molecule has 0 unspecified atom stereocenters. The van der Waals surface area contributed by atoms with Gasteiger partial charge in [0, 0.05) is 12.5 Å². The fourth-order valence-corrected chi connectivity index (χ4v) is 3.34. The lowest BCUT2D eigenvalue weighted by Crippen LogP contribution is -2.47. The molecule has 7 heteroatoms. The Kier molecular flexibility index (Phi) is 4.72. The van der Waals surface area contributed by atoms with E-state index >= 15 is 0 Å². The first-order valence-electron chi connectivity index (χ1n) is 6.52. The fourth-order valence-electron chi connectivity index (χ4n) is 2.60. The van der Waals surface area contributed by atoms with E-state index in [-0.39, 0.29) is 12.3 Å². The standard InChI is InChI=1S/C13H18N2O4S/c1-19-7-10-14-9(8-20-10)12(18)15-13(6-11(16)17)4-2-3-5-13/h8H,2-7H2,1H3,(H,15,18)(H,16,17). The number of thiazole rings is 1. The molecular formula is C13H18N2O4S. The normalized spacial score (nSPS) is 17.1. The zero-order valence-electron chi connectivity index (χ0n) is 11.3. The third-order valence-electron chi connectivity index (χ3n) is 3.48. The second-order valence-electron chi connectivity index (χ2n) is 5.07. The van der Waals surface area contributed by atoms with E-state index in [9.17, 15) is 9.59 Å². The Morgan fingerprint density at radius 1 is 1.50 bits per heavy atom. The van der Waals surface area contributed by atoms with Crippen molar-refractivity contribution in [1.29, 1.82) is 0 Å². The number of aliphatic carboxylic acids is 1. The summed E-state index contributed by atoms with van der Waals surface area (Å²) >= 11 is 1.36. The van der Waals surface area contributed by atoms with Crippen LogP contribution in [0.1, 0.15) is 47.6 Å². The van der Waals surface area contributed by atoms with Crippen LogP contribution in [0.5, 0.6) is 0 Å². The van der Waals surface area contributed by atoms with Crippen molar-refractivity contribution in [1.82, 2.24) is 10.3 Å². The van der Waals surface area contributed by atoms with Crippen LogP contribution in [-0.2, 0) is 16.1 Å². The molecule has 1 aliphatic rings. The molecule has 0 spiro atoms. The average molecular weight is 298 g/mol. The number of nitrogens with zero attached hydrogens (tertiary/aromatic N) is 1. The molecule has 1 heterocycles. The number of nitrogens with one attached hydrogen (secondary N) is 1. The zero-order valence-corrected chi connectivity index (χ0v) is 12.2. The summed E-state index contributed by atoms with van der Waals surface area (Å²) in [6.45, 7) is 0.373. The number of hydrogen-bond acceptors (Lipinski definition) is 5. The summed E-state index contributed by atoms with van der Waals surface area (Å²) < 4.78 is 4.97. The number of methoxy groups -OCH3 is 1. The van der Waals surface area contributed by atoms with Crippen molar-refractivity contribution in [2.45, 2.75) is 44.2 Å². The Morgan fingerprint density at radius 3 is 2.80 bits per heavy atom. The summed E-state index contributed by atoms with van der Waals surface area (Å²) in [5, 5.41) is 14.3. The molecule has 110 valence electrons. The van der Waals surface area contributed by atoms with Crippen LogP contribution in [0.25, 0.3) is 0 Å². The van der Waals surface area contributed by atoms with Crippen molar-refractivity contribution in [2.24, 2.45) is 0 Å². The number of carbonyl (C=O) groups is 2. The van der Waals surface area contributed by atoms with E-state index in [0.29, 0.717) is 25.1 Å². The van der Waals surface area contributed by atoms with Gasteiger partial charge in [0.15, 0.2) is 0 Å². The summed E-state index contributed by atoms with van der Waals surface area (Å²) in [4.78, 5) is 27.4. The topological polar surface area (TPSA) is 88.5 Å². The lowest BCUT2D eigenvalue weighted by Gasteiger charge is -2.28.